The van der Waals surface area contributed by atoms with Crippen molar-refractivity contribution in [2.75, 3.05) is 38.3 Å². The summed E-state index contributed by atoms with van der Waals surface area (Å²) in [5.41, 5.74) is 1.16. The Morgan fingerprint density at radius 1 is 1.23 bits per heavy atom. The predicted molar refractivity (Wildman–Crippen MR) is 102 cm³/mol. The number of benzene rings is 1. The van der Waals surface area contributed by atoms with Crippen LogP contribution < -0.4 is 15.8 Å². The van der Waals surface area contributed by atoms with E-state index in [2.05, 4.69) is 34.4 Å². The van der Waals surface area contributed by atoms with Crippen LogP contribution in [0.5, 0.6) is 0 Å². The lowest BCUT2D eigenvalue weighted by molar-refractivity contribution is 0.0944. The van der Waals surface area contributed by atoms with Crippen LogP contribution in [0.25, 0.3) is 0 Å². The molecule has 0 aliphatic carbocycles. The van der Waals surface area contributed by atoms with Crippen LogP contribution in [0.15, 0.2) is 47.3 Å². The number of hydrogen-bond acceptors (Lipinski definition) is 5. The molecule has 0 saturated heterocycles. The number of carbonyl (C=O) groups is 1. The fourth-order valence-electron chi connectivity index (χ4n) is 2.58. The molecular weight excluding hydrogens is 332 g/mol. The largest absolute Gasteiger partial charge is 0.383 e. The lowest BCUT2D eigenvalue weighted by Crippen LogP contribution is -2.32. The summed E-state index contributed by atoms with van der Waals surface area (Å²) in [5, 5.41) is 6.95. The second-order valence-electron chi connectivity index (χ2n) is 5.80. The number of para-hydroxylation sites is 1. The van der Waals surface area contributed by atoms with Crippen molar-refractivity contribution in [3.8, 4) is 0 Å². The molecule has 1 amide bonds. The van der Waals surface area contributed by atoms with Crippen LogP contribution in [0.2, 0.25) is 0 Å². The topological polar surface area (TPSA) is 76.5 Å². The van der Waals surface area contributed by atoms with Crippen molar-refractivity contribution in [3.63, 3.8) is 0 Å². The summed E-state index contributed by atoms with van der Waals surface area (Å²) in [4.78, 5) is 26.2. The summed E-state index contributed by atoms with van der Waals surface area (Å²) < 4.78 is 6.19. The lowest BCUT2D eigenvalue weighted by Gasteiger charge is -2.23. The van der Waals surface area contributed by atoms with E-state index in [0.717, 1.165) is 19.5 Å². The summed E-state index contributed by atoms with van der Waals surface area (Å²) in [6.07, 6.45) is 0.817. The molecule has 1 aromatic heterocycles. The lowest BCUT2D eigenvalue weighted by atomic mass is 10.2. The minimum atomic E-state index is -0.279. The molecule has 0 saturated carbocycles. The quantitative estimate of drug-likeness (QED) is 0.652. The summed E-state index contributed by atoms with van der Waals surface area (Å²) in [7, 11) is 1.55. The van der Waals surface area contributed by atoms with Gasteiger partial charge in [0.2, 0.25) is 0 Å². The number of carbonyl (C=O) groups excluding carboxylic acids is 1. The van der Waals surface area contributed by atoms with Gasteiger partial charge < -0.3 is 15.0 Å². The molecule has 2 rings (SSSR count). The molecule has 0 bridgehead atoms. The average Bonchev–Trinajstić information content (AvgIpc) is 2.68. The van der Waals surface area contributed by atoms with Gasteiger partial charge in [-0.25, -0.2) is 4.68 Å². The van der Waals surface area contributed by atoms with E-state index in [-0.39, 0.29) is 17.2 Å². The molecule has 0 atom stereocenters. The maximum absolute atomic E-state index is 12.2. The molecule has 7 heteroatoms. The van der Waals surface area contributed by atoms with Gasteiger partial charge in [0.15, 0.2) is 0 Å². The number of ether oxygens (including phenoxy) is 1. The van der Waals surface area contributed by atoms with Crippen molar-refractivity contribution < 1.29 is 9.53 Å². The monoisotopic (exact) mass is 358 g/mol. The van der Waals surface area contributed by atoms with Gasteiger partial charge in [0.25, 0.3) is 11.5 Å². The molecule has 0 spiro atoms. The summed E-state index contributed by atoms with van der Waals surface area (Å²) in [6, 6.07) is 13.0. The van der Waals surface area contributed by atoms with Crippen molar-refractivity contribution in [1.29, 1.82) is 0 Å². The fraction of sp³-hybridized carbons (Fsp3) is 0.421. The number of anilines is 1. The third-order valence-electron chi connectivity index (χ3n) is 4.00. The molecular formula is C19H26N4O3. The van der Waals surface area contributed by atoms with E-state index in [9.17, 15) is 9.59 Å². The molecule has 7 nitrogen and oxygen atoms in total. The first-order chi connectivity index (χ1) is 12.7. The Hall–Kier alpha value is -2.67. The van der Waals surface area contributed by atoms with Crippen LogP contribution >= 0.6 is 0 Å². The number of aromatic nitrogens is 2. The van der Waals surface area contributed by atoms with Crippen molar-refractivity contribution in [2.24, 2.45) is 0 Å². The van der Waals surface area contributed by atoms with Crippen molar-refractivity contribution in [2.45, 2.75) is 19.9 Å². The molecule has 140 valence electrons. The third kappa shape index (κ3) is 5.70. The number of nitrogens with one attached hydrogen (secondary N) is 1. The zero-order valence-corrected chi connectivity index (χ0v) is 15.4. The van der Waals surface area contributed by atoms with Crippen molar-refractivity contribution in [1.82, 2.24) is 15.1 Å². The molecule has 1 N–H and O–H groups in total. The van der Waals surface area contributed by atoms with Gasteiger partial charge in [0.1, 0.15) is 5.69 Å². The molecule has 0 aliphatic rings. The highest BCUT2D eigenvalue weighted by molar-refractivity contribution is 5.91. The predicted octanol–water partition coefficient (Wildman–Crippen LogP) is 1.54. The number of rotatable bonds is 10. The van der Waals surface area contributed by atoms with Crippen LogP contribution in [0.3, 0.4) is 0 Å². The van der Waals surface area contributed by atoms with Gasteiger partial charge in [-0.15, -0.1) is 0 Å². The number of amides is 1. The maximum atomic E-state index is 12.2. The van der Waals surface area contributed by atoms with Crippen LogP contribution in [0.4, 0.5) is 5.69 Å². The normalized spacial score (nSPS) is 10.5. The zero-order chi connectivity index (χ0) is 18.8. The standard InChI is InChI=1S/C19H26N4O3/c1-3-22(16-8-5-4-6-9-16)13-7-12-20-19(25)17-10-11-18(24)23(21-17)14-15-26-2/h4-6,8-11H,3,7,12-15H2,1-2H3,(H,20,25). The van der Waals surface area contributed by atoms with Gasteiger partial charge in [-0.05, 0) is 31.5 Å². The van der Waals surface area contributed by atoms with Crippen LogP contribution in [-0.2, 0) is 11.3 Å². The Balaban J connectivity index is 1.84. The SMILES string of the molecule is CCN(CCCNC(=O)c1ccc(=O)n(CCOC)n1)c1ccccc1. The highest BCUT2D eigenvalue weighted by atomic mass is 16.5. The Morgan fingerprint density at radius 2 is 2.00 bits per heavy atom. The first-order valence-electron chi connectivity index (χ1n) is 8.81. The Kier molecular flexibility index (Phi) is 7.82. The van der Waals surface area contributed by atoms with E-state index in [1.807, 2.05) is 18.2 Å². The highest BCUT2D eigenvalue weighted by Crippen LogP contribution is 2.12. The van der Waals surface area contributed by atoms with E-state index in [0.29, 0.717) is 19.7 Å². The van der Waals surface area contributed by atoms with Crippen molar-refractivity contribution >= 4 is 11.6 Å². The molecule has 26 heavy (non-hydrogen) atoms. The van der Waals surface area contributed by atoms with Gasteiger partial charge in [0.05, 0.1) is 13.2 Å². The number of nitrogens with zero attached hydrogens (tertiary/aromatic N) is 3. The van der Waals surface area contributed by atoms with E-state index < -0.39 is 0 Å². The Labute approximate surface area is 153 Å². The molecule has 0 radical (unpaired) electrons. The van der Waals surface area contributed by atoms with E-state index in [4.69, 9.17) is 4.74 Å². The van der Waals surface area contributed by atoms with Crippen LogP contribution in [0.1, 0.15) is 23.8 Å². The maximum Gasteiger partial charge on any atom is 0.271 e. The summed E-state index contributed by atoms with van der Waals surface area (Å²) in [5.74, 6) is -0.279. The molecule has 0 aliphatic heterocycles. The molecule has 0 unspecified atom stereocenters. The first-order valence-corrected chi connectivity index (χ1v) is 8.81. The van der Waals surface area contributed by atoms with Gasteiger partial charge in [-0.2, -0.15) is 5.10 Å². The Bertz CT molecular complexity index is 746. The van der Waals surface area contributed by atoms with Crippen molar-refractivity contribution in [3.05, 3.63) is 58.5 Å². The number of hydrogen-bond donors (Lipinski definition) is 1. The zero-order valence-electron chi connectivity index (χ0n) is 15.4. The average molecular weight is 358 g/mol. The molecule has 0 fully saturated rings. The molecule has 1 aromatic carbocycles. The Morgan fingerprint density at radius 3 is 2.69 bits per heavy atom. The van der Waals surface area contributed by atoms with Gasteiger partial charge in [-0.3, -0.25) is 9.59 Å². The van der Waals surface area contributed by atoms with Crippen LogP contribution in [-0.4, -0.2) is 49.0 Å². The summed E-state index contributed by atoms with van der Waals surface area (Å²) in [6.45, 7) is 5.09. The van der Waals surface area contributed by atoms with Gasteiger partial charge in [0, 0.05) is 38.5 Å². The minimum absolute atomic E-state index is 0.233. The smallest absolute Gasteiger partial charge is 0.271 e. The second kappa shape index (κ2) is 10.4. The second-order valence-corrected chi connectivity index (χ2v) is 5.80. The van der Waals surface area contributed by atoms with E-state index in [1.54, 1.807) is 7.11 Å². The molecule has 1 heterocycles. The minimum Gasteiger partial charge on any atom is -0.383 e. The summed E-state index contributed by atoms with van der Waals surface area (Å²) >= 11 is 0. The van der Waals surface area contributed by atoms with Crippen LogP contribution in [0, 0.1) is 0 Å². The van der Waals surface area contributed by atoms with E-state index >= 15 is 0 Å². The third-order valence-corrected chi connectivity index (χ3v) is 4.00. The highest BCUT2D eigenvalue weighted by Gasteiger charge is 2.10. The van der Waals surface area contributed by atoms with Gasteiger partial charge in [-0.1, -0.05) is 18.2 Å². The fourth-order valence-corrected chi connectivity index (χ4v) is 2.58. The van der Waals surface area contributed by atoms with E-state index in [1.165, 1.54) is 22.5 Å². The first kappa shape index (κ1) is 19.7. The molecule has 2 aromatic rings. The number of methoxy groups -OCH3 is 1. The van der Waals surface area contributed by atoms with Gasteiger partial charge >= 0.3 is 0 Å².